The molecule has 0 atom stereocenters. The SMILES string of the molecule is O=C(NCC(=S)Cc1ccccc1)c1ccccc1. The van der Waals surface area contributed by atoms with Gasteiger partial charge in [0, 0.05) is 23.4 Å². The van der Waals surface area contributed by atoms with Gasteiger partial charge in [-0.2, -0.15) is 0 Å². The Morgan fingerprint density at radius 1 is 0.947 bits per heavy atom. The van der Waals surface area contributed by atoms with Crippen molar-refractivity contribution < 1.29 is 4.79 Å². The van der Waals surface area contributed by atoms with E-state index in [1.165, 1.54) is 5.56 Å². The molecule has 19 heavy (non-hydrogen) atoms. The van der Waals surface area contributed by atoms with E-state index in [-0.39, 0.29) is 5.91 Å². The minimum absolute atomic E-state index is 0.0870. The molecule has 0 unspecified atom stereocenters. The molecule has 0 saturated carbocycles. The number of rotatable bonds is 5. The van der Waals surface area contributed by atoms with Crippen LogP contribution < -0.4 is 5.32 Å². The Morgan fingerprint density at radius 2 is 1.53 bits per heavy atom. The average Bonchev–Trinajstić information content (AvgIpc) is 2.47. The molecule has 0 aromatic heterocycles. The first-order chi connectivity index (χ1) is 9.25. The lowest BCUT2D eigenvalue weighted by molar-refractivity contribution is 0.0959. The zero-order valence-corrected chi connectivity index (χ0v) is 11.3. The Morgan fingerprint density at radius 3 is 2.16 bits per heavy atom. The first kappa shape index (κ1) is 13.4. The van der Waals surface area contributed by atoms with E-state index in [1.807, 2.05) is 48.5 Å². The Hall–Kier alpha value is -2.00. The number of thiocarbonyl (C=S) groups is 1. The van der Waals surface area contributed by atoms with E-state index >= 15 is 0 Å². The van der Waals surface area contributed by atoms with Gasteiger partial charge in [-0.3, -0.25) is 4.79 Å². The summed E-state index contributed by atoms with van der Waals surface area (Å²) in [5, 5.41) is 2.84. The van der Waals surface area contributed by atoms with Gasteiger partial charge in [0.05, 0.1) is 0 Å². The van der Waals surface area contributed by atoms with Crippen LogP contribution in [0.1, 0.15) is 15.9 Å². The monoisotopic (exact) mass is 269 g/mol. The highest BCUT2D eigenvalue weighted by Crippen LogP contribution is 2.02. The van der Waals surface area contributed by atoms with E-state index in [1.54, 1.807) is 12.1 Å². The number of amides is 1. The van der Waals surface area contributed by atoms with Crippen LogP contribution in [-0.2, 0) is 6.42 Å². The fourth-order valence-electron chi connectivity index (χ4n) is 1.76. The summed E-state index contributed by atoms with van der Waals surface area (Å²) in [6, 6.07) is 19.2. The summed E-state index contributed by atoms with van der Waals surface area (Å²) in [6.07, 6.45) is 0.714. The Labute approximate surface area is 118 Å². The summed E-state index contributed by atoms with van der Waals surface area (Å²) >= 11 is 5.29. The third-order valence-electron chi connectivity index (χ3n) is 2.73. The maximum Gasteiger partial charge on any atom is 0.251 e. The van der Waals surface area contributed by atoms with Gasteiger partial charge in [-0.25, -0.2) is 0 Å². The van der Waals surface area contributed by atoms with E-state index in [0.29, 0.717) is 18.5 Å². The molecular weight excluding hydrogens is 254 g/mol. The van der Waals surface area contributed by atoms with Crippen molar-refractivity contribution in [3.8, 4) is 0 Å². The first-order valence-corrected chi connectivity index (χ1v) is 6.55. The van der Waals surface area contributed by atoms with Crippen LogP contribution in [0.5, 0.6) is 0 Å². The Bertz CT molecular complexity index is 551. The van der Waals surface area contributed by atoms with Crippen molar-refractivity contribution in [3.63, 3.8) is 0 Å². The highest BCUT2D eigenvalue weighted by atomic mass is 32.1. The number of benzene rings is 2. The van der Waals surface area contributed by atoms with Gasteiger partial charge in [-0.15, -0.1) is 0 Å². The van der Waals surface area contributed by atoms with E-state index < -0.39 is 0 Å². The third-order valence-corrected chi connectivity index (χ3v) is 3.01. The zero-order chi connectivity index (χ0) is 13.5. The maximum atomic E-state index is 11.8. The summed E-state index contributed by atoms with van der Waals surface area (Å²) in [7, 11) is 0. The predicted octanol–water partition coefficient (Wildman–Crippen LogP) is 3.03. The van der Waals surface area contributed by atoms with Gasteiger partial charge in [0.25, 0.3) is 5.91 Å². The van der Waals surface area contributed by atoms with Crippen molar-refractivity contribution in [2.24, 2.45) is 0 Å². The Kier molecular flexibility index (Phi) is 4.81. The summed E-state index contributed by atoms with van der Waals surface area (Å²) in [6.45, 7) is 0.429. The second kappa shape index (κ2) is 6.81. The molecule has 2 aromatic carbocycles. The van der Waals surface area contributed by atoms with Gasteiger partial charge >= 0.3 is 0 Å². The normalized spacial score (nSPS) is 9.89. The van der Waals surface area contributed by atoms with Crippen molar-refractivity contribution in [1.82, 2.24) is 5.32 Å². The summed E-state index contributed by atoms with van der Waals surface area (Å²) in [5.41, 5.74) is 1.83. The van der Waals surface area contributed by atoms with Crippen LogP contribution in [0.4, 0.5) is 0 Å². The molecule has 0 saturated heterocycles. The average molecular weight is 269 g/mol. The molecule has 0 heterocycles. The van der Waals surface area contributed by atoms with E-state index in [0.717, 1.165) is 4.86 Å². The van der Waals surface area contributed by atoms with Crippen LogP contribution in [-0.4, -0.2) is 17.3 Å². The fourth-order valence-corrected chi connectivity index (χ4v) is 2.00. The number of nitrogens with one attached hydrogen (secondary N) is 1. The first-order valence-electron chi connectivity index (χ1n) is 6.14. The van der Waals surface area contributed by atoms with Crippen LogP contribution in [0.3, 0.4) is 0 Å². The molecule has 96 valence electrons. The smallest absolute Gasteiger partial charge is 0.251 e. The maximum absolute atomic E-state index is 11.8. The van der Waals surface area contributed by atoms with Crippen molar-refractivity contribution in [2.45, 2.75) is 6.42 Å². The van der Waals surface area contributed by atoms with Crippen molar-refractivity contribution in [3.05, 3.63) is 71.8 Å². The van der Waals surface area contributed by atoms with Crippen molar-refractivity contribution in [1.29, 1.82) is 0 Å². The van der Waals surface area contributed by atoms with E-state index in [2.05, 4.69) is 5.32 Å². The van der Waals surface area contributed by atoms with Crippen molar-refractivity contribution in [2.75, 3.05) is 6.54 Å². The quantitative estimate of drug-likeness (QED) is 0.845. The summed E-state index contributed by atoms with van der Waals surface area (Å²) < 4.78 is 0. The topological polar surface area (TPSA) is 29.1 Å². The predicted molar refractivity (Wildman–Crippen MR) is 81.5 cm³/mol. The molecule has 2 nitrogen and oxygen atoms in total. The number of hydrogen-bond donors (Lipinski definition) is 1. The number of carbonyl (C=O) groups is 1. The summed E-state index contributed by atoms with van der Waals surface area (Å²) in [4.78, 5) is 12.7. The summed E-state index contributed by atoms with van der Waals surface area (Å²) in [5.74, 6) is -0.0870. The van der Waals surface area contributed by atoms with Gasteiger partial charge in [0.1, 0.15) is 0 Å². The second-order valence-corrected chi connectivity index (χ2v) is 4.83. The molecule has 1 amide bonds. The zero-order valence-electron chi connectivity index (χ0n) is 10.5. The van der Waals surface area contributed by atoms with Gasteiger partial charge in [0.2, 0.25) is 0 Å². The standard InChI is InChI=1S/C16H15NOS/c18-16(14-9-5-2-6-10-14)17-12-15(19)11-13-7-3-1-4-8-13/h1-10H,11-12H2,(H,17,18). The van der Waals surface area contributed by atoms with E-state index in [9.17, 15) is 4.79 Å². The number of hydrogen-bond acceptors (Lipinski definition) is 2. The highest BCUT2D eigenvalue weighted by Gasteiger charge is 2.05. The fraction of sp³-hybridized carbons (Fsp3) is 0.125. The van der Waals surface area contributed by atoms with Crippen LogP contribution >= 0.6 is 12.2 Å². The Balaban J connectivity index is 1.83. The van der Waals surface area contributed by atoms with Crippen LogP contribution in [0, 0.1) is 0 Å². The second-order valence-electron chi connectivity index (χ2n) is 4.25. The lowest BCUT2D eigenvalue weighted by atomic mass is 10.1. The van der Waals surface area contributed by atoms with Crippen molar-refractivity contribution >= 4 is 23.0 Å². The molecule has 1 N–H and O–H groups in total. The molecule has 0 aliphatic rings. The van der Waals surface area contributed by atoms with E-state index in [4.69, 9.17) is 12.2 Å². The largest absolute Gasteiger partial charge is 0.347 e. The molecule has 0 radical (unpaired) electrons. The molecule has 0 aliphatic heterocycles. The molecule has 0 aliphatic carbocycles. The molecular formula is C16H15NOS. The van der Waals surface area contributed by atoms with Crippen LogP contribution in [0.2, 0.25) is 0 Å². The molecule has 0 spiro atoms. The molecule has 2 aromatic rings. The molecule has 0 fully saturated rings. The minimum Gasteiger partial charge on any atom is -0.347 e. The van der Waals surface area contributed by atoms with Gasteiger partial charge in [0.15, 0.2) is 0 Å². The molecule has 0 bridgehead atoms. The lowest BCUT2D eigenvalue weighted by Gasteiger charge is -2.06. The molecule has 3 heteroatoms. The lowest BCUT2D eigenvalue weighted by Crippen LogP contribution is -2.29. The minimum atomic E-state index is -0.0870. The molecule has 2 rings (SSSR count). The van der Waals surface area contributed by atoms with Gasteiger partial charge < -0.3 is 5.32 Å². The van der Waals surface area contributed by atoms with Gasteiger partial charge in [-0.05, 0) is 17.7 Å². The van der Waals surface area contributed by atoms with Crippen LogP contribution in [0.25, 0.3) is 0 Å². The highest BCUT2D eigenvalue weighted by molar-refractivity contribution is 7.80. The van der Waals surface area contributed by atoms with Crippen LogP contribution in [0.15, 0.2) is 60.7 Å². The third kappa shape index (κ3) is 4.30. The number of carbonyl (C=O) groups excluding carboxylic acids is 1. The van der Waals surface area contributed by atoms with Gasteiger partial charge in [-0.1, -0.05) is 60.7 Å².